The summed E-state index contributed by atoms with van der Waals surface area (Å²) < 4.78 is 42.9. The minimum absolute atomic E-state index is 0.113. The van der Waals surface area contributed by atoms with E-state index in [2.05, 4.69) is 9.97 Å². The van der Waals surface area contributed by atoms with Crippen molar-refractivity contribution < 1.29 is 22.7 Å². The van der Waals surface area contributed by atoms with Gasteiger partial charge < -0.3 is 9.64 Å². The van der Waals surface area contributed by atoms with Crippen LogP contribution in [0.1, 0.15) is 10.4 Å². The Hall–Kier alpha value is -2.22. The molecule has 5 nitrogen and oxygen atoms in total. The number of fused-ring (bicyclic) bond motifs is 1. The van der Waals surface area contributed by atoms with Crippen LogP contribution in [0.5, 0.6) is 0 Å². The molecule has 1 aromatic heterocycles. The van der Waals surface area contributed by atoms with Gasteiger partial charge in [0.1, 0.15) is 5.52 Å². The summed E-state index contributed by atoms with van der Waals surface area (Å²) >= 11 is 0. The van der Waals surface area contributed by atoms with Gasteiger partial charge in [0.2, 0.25) is 0 Å². The van der Waals surface area contributed by atoms with Crippen molar-refractivity contribution in [2.24, 2.45) is 0 Å². The number of rotatable bonds is 1. The van der Waals surface area contributed by atoms with E-state index < -0.39 is 24.7 Å². The van der Waals surface area contributed by atoms with Crippen molar-refractivity contribution in [3.05, 3.63) is 36.2 Å². The average Bonchev–Trinajstić information content (AvgIpc) is 2.53. The maximum atomic E-state index is 12.7. The SMILES string of the molecule is O=C(c1cccc2nccnc12)N1CCO[C@H](C(F)(F)F)C1. The molecule has 116 valence electrons. The molecule has 1 atom stereocenters. The van der Waals surface area contributed by atoms with Gasteiger partial charge in [-0.1, -0.05) is 6.07 Å². The molecule has 1 aliphatic rings. The summed E-state index contributed by atoms with van der Waals surface area (Å²) in [6.07, 6.45) is -3.51. The molecule has 0 saturated carbocycles. The Labute approximate surface area is 123 Å². The van der Waals surface area contributed by atoms with Gasteiger partial charge in [-0.2, -0.15) is 13.2 Å². The lowest BCUT2D eigenvalue weighted by molar-refractivity contribution is -0.233. The maximum Gasteiger partial charge on any atom is 0.416 e. The van der Waals surface area contributed by atoms with Crippen LogP contribution in [0.3, 0.4) is 0 Å². The zero-order valence-electron chi connectivity index (χ0n) is 11.4. The summed E-state index contributed by atoms with van der Waals surface area (Å²) in [5.74, 6) is -0.497. The van der Waals surface area contributed by atoms with Gasteiger partial charge in [0, 0.05) is 18.9 Å². The number of halogens is 3. The van der Waals surface area contributed by atoms with Crippen LogP contribution in [-0.4, -0.2) is 52.8 Å². The lowest BCUT2D eigenvalue weighted by atomic mass is 10.1. The molecular formula is C14H12F3N3O2. The first kappa shape index (κ1) is 14.7. The van der Waals surface area contributed by atoms with Crippen LogP contribution in [0.25, 0.3) is 11.0 Å². The van der Waals surface area contributed by atoms with E-state index in [1.807, 2.05) is 0 Å². The zero-order chi connectivity index (χ0) is 15.7. The highest BCUT2D eigenvalue weighted by Gasteiger charge is 2.44. The molecule has 1 fully saturated rings. The van der Waals surface area contributed by atoms with Gasteiger partial charge in [0.15, 0.2) is 6.10 Å². The number of alkyl halides is 3. The molecule has 0 aliphatic carbocycles. The molecule has 1 aromatic carbocycles. The Bertz CT molecular complexity index is 700. The van der Waals surface area contributed by atoms with Gasteiger partial charge in [-0.15, -0.1) is 0 Å². The van der Waals surface area contributed by atoms with E-state index in [0.29, 0.717) is 11.0 Å². The van der Waals surface area contributed by atoms with E-state index in [1.165, 1.54) is 18.5 Å². The normalized spacial score (nSPS) is 19.4. The van der Waals surface area contributed by atoms with Crippen LogP contribution in [0, 0.1) is 0 Å². The minimum Gasteiger partial charge on any atom is -0.365 e. The maximum absolute atomic E-state index is 12.7. The standard InChI is InChI=1S/C14H12F3N3O2/c15-14(16,17)11-8-20(6-7-22-11)13(21)9-2-1-3-10-12(9)19-5-4-18-10/h1-5,11H,6-8H2/t11-/m0/s1. The highest BCUT2D eigenvalue weighted by atomic mass is 19.4. The number of benzene rings is 1. The Morgan fingerprint density at radius 2 is 2.05 bits per heavy atom. The molecule has 3 rings (SSSR count). The Kier molecular flexibility index (Phi) is 3.69. The number of amides is 1. The third kappa shape index (κ3) is 2.74. The predicted molar refractivity (Wildman–Crippen MR) is 71.2 cm³/mol. The van der Waals surface area contributed by atoms with Crippen molar-refractivity contribution in [3.63, 3.8) is 0 Å². The van der Waals surface area contributed by atoms with Crippen molar-refractivity contribution >= 4 is 16.9 Å². The molecular weight excluding hydrogens is 299 g/mol. The number of nitrogens with zero attached hydrogens (tertiary/aromatic N) is 3. The topological polar surface area (TPSA) is 55.3 Å². The first-order valence-electron chi connectivity index (χ1n) is 6.64. The highest BCUT2D eigenvalue weighted by molar-refractivity contribution is 6.04. The quantitative estimate of drug-likeness (QED) is 0.809. The van der Waals surface area contributed by atoms with E-state index in [-0.39, 0.29) is 18.7 Å². The summed E-state index contributed by atoms with van der Waals surface area (Å²) in [4.78, 5) is 21.9. The Balaban J connectivity index is 1.90. The lowest BCUT2D eigenvalue weighted by Gasteiger charge is -2.33. The molecule has 1 saturated heterocycles. The molecule has 2 aromatic rings. The van der Waals surface area contributed by atoms with E-state index in [4.69, 9.17) is 4.74 Å². The third-order valence-electron chi connectivity index (χ3n) is 3.45. The van der Waals surface area contributed by atoms with Crippen molar-refractivity contribution in [3.8, 4) is 0 Å². The van der Waals surface area contributed by atoms with Crippen molar-refractivity contribution in [2.45, 2.75) is 12.3 Å². The minimum atomic E-state index is -4.49. The molecule has 0 N–H and O–H groups in total. The van der Waals surface area contributed by atoms with Gasteiger partial charge in [-0.05, 0) is 12.1 Å². The van der Waals surface area contributed by atoms with Gasteiger partial charge in [-0.25, -0.2) is 0 Å². The van der Waals surface area contributed by atoms with Gasteiger partial charge in [0.25, 0.3) is 5.91 Å². The first-order chi connectivity index (χ1) is 10.5. The second-order valence-electron chi connectivity index (χ2n) is 4.88. The molecule has 8 heteroatoms. The van der Waals surface area contributed by atoms with Crippen LogP contribution in [0.4, 0.5) is 13.2 Å². The van der Waals surface area contributed by atoms with E-state index in [1.54, 1.807) is 12.1 Å². The number of hydrogen-bond acceptors (Lipinski definition) is 4. The monoisotopic (exact) mass is 311 g/mol. The number of ether oxygens (including phenoxy) is 1. The second-order valence-corrected chi connectivity index (χ2v) is 4.88. The molecule has 0 bridgehead atoms. The van der Waals surface area contributed by atoms with E-state index in [9.17, 15) is 18.0 Å². The predicted octanol–water partition coefficient (Wildman–Crippen LogP) is 2.03. The van der Waals surface area contributed by atoms with Crippen LogP contribution in [-0.2, 0) is 4.74 Å². The number of aromatic nitrogens is 2. The fourth-order valence-corrected chi connectivity index (χ4v) is 2.37. The molecule has 22 heavy (non-hydrogen) atoms. The molecule has 0 radical (unpaired) electrons. The molecule has 0 spiro atoms. The lowest BCUT2D eigenvalue weighted by Crippen LogP contribution is -2.51. The van der Waals surface area contributed by atoms with E-state index in [0.717, 1.165) is 4.90 Å². The number of morpholine rings is 1. The Morgan fingerprint density at radius 1 is 1.27 bits per heavy atom. The summed E-state index contributed by atoms with van der Waals surface area (Å²) in [5, 5.41) is 0. The van der Waals surface area contributed by atoms with Gasteiger partial charge in [0.05, 0.1) is 24.2 Å². The fraction of sp³-hybridized carbons (Fsp3) is 0.357. The van der Waals surface area contributed by atoms with Crippen molar-refractivity contribution in [2.75, 3.05) is 19.7 Å². The van der Waals surface area contributed by atoms with E-state index >= 15 is 0 Å². The number of carbonyl (C=O) groups is 1. The number of hydrogen-bond donors (Lipinski definition) is 0. The average molecular weight is 311 g/mol. The van der Waals surface area contributed by atoms with Crippen LogP contribution in [0.2, 0.25) is 0 Å². The summed E-state index contributed by atoms with van der Waals surface area (Å²) in [7, 11) is 0. The highest BCUT2D eigenvalue weighted by Crippen LogP contribution is 2.27. The molecule has 1 aliphatic heterocycles. The van der Waals surface area contributed by atoms with Gasteiger partial charge in [-0.3, -0.25) is 14.8 Å². The van der Waals surface area contributed by atoms with Crippen LogP contribution >= 0.6 is 0 Å². The molecule has 2 heterocycles. The first-order valence-corrected chi connectivity index (χ1v) is 6.64. The summed E-state index contributed by atoms with van der Waals surface area (Å²) in [5.41, 5.74) is 1.15. The third-order valence-corrected chi connectivity index (χ3v) is 3.45. The molecule has 0 unspecified atom stereocenters. The molecule has 1 amide bonds. The fourth-order valence-electron chi connectivity index (χ4n) is 2.37. The largest absolute Gasteiger partial charge is 0.416 e. The van der Waals surface area contributed by atoms with Crippen LogP contribution in [0.15, 0.2) is 30.6 Å². The van der Waals surface area contributed by atoms with Crippen molar-refractivity contribution in [1.29, 1.82) is 0 Å². The zero-order valence-corrected chi connectivity index (χ0v) is 11.4. The van der Waals surface area contributed by atoms with Gasteiger partial charge >= 0.3 is 6.18 Å². The smallest absolute Gasteiger partial charge is 0.365 e. The summed E-state index contributed by atoms with van der Waals surface area (Å²) in [6, 6.07) is 4.86. The Morgan fingerprint density at radius 3 is 2.82 bits per heavy atom. The summed E-state index contributed by atoms with van der Waals surface area (Å²) in [6.45, 7) is -0.548. The van der Waals surface area contributed by atoms with Crippen LogP contribution < -0.4 is 0 Å². The number of para-hydroxylation sites is 1. The second kappa shape index (κ2) is 5.53. The van der Waals surface area contributed by atoms with Crippen molar-refractivity contribution in [1.82, 2.24) is 14.9 Å². The number of carbonyl (C=O) groups excluding carboxylic acids is 1.